The number of ether oxygens (including phenoxy) is 1. The van der Waals surface area contributed by atoms with Crippen LogP contribution in [0.25, 0.3) is 0 Å². The smallest absolute Gasteiger partial charge is 0.262 e. The number of carbonyl (C=O) groups is 2. The Hall–Kier alpha value is -3.39. The zero-order valence-corrected chi connectivity index (χ0v) is 21.3. The normalized spacial score (nSPS) is 13.5. The van der Waals surface area contributed by atoms with Crippen molar-refractivity contribution in [2.24, 2.45) is 0 Å². The molecule has 0 spiro atoms. The Kier molecular flexibility index (Phi) is 7.70. The summed E-state index contributed by atoms with van der Waals surface area (Å²) in [6.07, 6.45) is 0. The molecule has 4 rings (SSSR count). The van der Waals surface area contributed by atoms with E-state index >= 15 is 0 Å². The van der Waals surface area contributed by atoms with Crippen LogP contribution >= 0.6 is 15.9 Å². The molecule has 1 fully saturated rings. The summed E-state index contributed by atoms with van der Waals surface area (Å²) in [5, 5.41) is 2.85. The highest BCUT2D eigenvalue weighted by Crippen LogP contribution is 2.30. The first kappa shape index (κ1) is 24.7. The van der Waals surface area contributed by atoms with Crippen molar-refractivity contribution in [2.75, 3.05) is 43.0 Å². The summed E-state index contributed by atoms with van der Waals surface area (Å²) in [6.45, 7) is 6.16. The third-order valence-electron chi connectivity index (χ3n) is 5.91. The van der Waals surface area contributed by atoms with Crippen molar-refractivity contribution in [3.8, 4) is 5.75 Å². The molecule has 182 valence electrons. The number of hydrogen-bond donors (Lipinski definition) is 1. The third kappa shape index (κ3) is 6.00. The van der Waals surface area contributed by atoms with Gasteiger partial charge in [0, 0.05) is 37.6 Å². The minimum atomic E-state index is -0.496. The number of nitrogens with one attached hydrogen (secondary N) is 1. The second-order valence-corrected chi connectivity index (χ2v) is 9.39. The molecule has 0 bridgehead atoms. The van der Waals surface area contributed by atoms with Gasteiger partial charge in [-0.05, 0) is 83.4 Å². The van der Waals surface area contributed by atoms with Crippen LogP contribution in [-0.2, 0) is 4.79 Å². The van der Waals surface area contributed by atoms with Gasteiger partial charge in [0.2, 0.25) is 0 Å². The van der Waals surface area contributed by atoms with Crippen LogP contribution in [0.15, 0.2) is 65.1 Å². The zero-order valence-electron chi connectivity index (χ0n) is 19.7. The first-order valence-electron chi connectivity index (χ1n) is 11.4. The molecule has 3 aromatic rings. The Morgan fingerprint density at radius 1 is 1.00 bits per heavy atom. The van der Waals surface area contributed by atoms with Gasteiger partial charge in [-0.25, -0.2) is 4.39 Å². The molecule has 0 atom stereocenters. The van der Waals surface area contributed by atoms with Crippen molar-refractivity contribution in [1.29, 1.82) is 0 Å². The summed E-state index contributed by atoms with van der Waals surface area (Å²) < 4.78 is 20.5. The molecule has 6 nitrogen and oxygen atoms in total. The Morgan fingerprint density at radius 3 is 2.34 bits per heavy atom. The lowest BCUT2D eigenvalue weighted by molar-refractivity contribution is -0.118. The summed E-state index contributed by atoms with van der Waals surface area (Å²) >= 11 is 3.49. The van der Waals surface area contributed by atoms with Gasteiger partial charge >= 0.3 is 0 Å². The lowest BCUT2D eigenvalue weighted by Gasteiger charge is -2.36. The van der Waals surface area contributed by atoms with Gasteiger partial charge in [0.05, 0.1) is 10.0 Å². The first-order chi connectivity index (χ1) is 16.8. The molecule has 0 aromatic heterocycles. The van der Waals surface area contributed by atoms with Crippen molar-refractivity contribution < 1.29 is 18.7 Å². The van der Waals surface area contributed by atoms with E-state index in [1.807, 2.05) is 50.2 Å². The highest BCUT2D eigenvalue weighted by Gasteiger charge is 2.24. The Balaban J connectivity index is 1.28. The molecule has 8 heteroatoms. The highest BCUT2D eigenvalue weighted by atomic mass is 79.9. The third-order valence-corrected chi connectivity index (χ3v) is 6.50. The average molecular weight is 540 g/mol. The maximum absolute atomic E-state index is 14.0. The molecule has 0 saturated carbocycles. The predicted octanol–water partition coefficient (Wildman–Crippen LogP) is 5.18. The van der Waals surface area contributed by atoms with Crippen LogP contribution in [-0.4, -0.2) is 49.5 Å². The van der Waals surface area contributed by atoms with Gasteiger partial charge in [-0.1, -0.05) is 18.2 Å². The van der Waals surface area contributed by atoms with Gasteiger partial charge in [-0.15, -0.1) is 0 Å². The molecule has 3 aromatic carbocycles. The van der Waals surface area contributed by atoms with Gasteiger partial charge in [0.25, 0.3) is 11.8 Å². The maximum Gasteiger partial charge on any atom is 0.262 e. The first-order valence-corrected chi connectivity index (χ1v) is 12.2. The summed E-state index contributed by atoms with van der Waals surface area (Å²) in [5.74, 6) is -0.362. The van der Waals surface area contributed by atoms with Crippen LogP contribution in [0.1, 0.15) is 21.5 Å². The van der Waals surface area contributed by atoms with E-state index in [0.717, 1.165) is 21.3 Å². The zero-order chi connectivity index (χ0) is 24.9. The van der Waals surface area contributed by atoms with Crippen molar-refractivity contribution in [3.05, 3.63) is 87.6 Å². The van der Waals surface area contributed by atoms with Crippen molar-refractivity contribution >= 4 is 39.1 Å². The SMILES string of the molecule is Cc1cc(C)c(OCC(=O)Nc2ccc(N3CCN(C(=O)c4ccccc4F)CC3)cc2)c(Br)c1. The van der Waals surface area contributed by atoms with E-state index in [1.54, 1.807) is 17.0 Å². The summed E-state index contributed by atoms with van der Waals surface area (Å²) in [7, 11) is 0. The van der Waals surface area contributed by atoms with E-state index in [-0.39, 0.29) is 24.0 Å². The molecule has 1 heterocycles. The molecular weight excluding hydrogens is 513 g/mol. The van der Waals surface area contributed by atoms with Gasteiger partial charge in [-0.2, -0.15) is 0 Å². The van der Waals surface area contributed by atoms with Gasteiger partial charge < -0.3 is 19.9 Å². The highest BCUT2D eigenvalue weighted by molar-refractivity contribution is 9.10. The fraction of sp³-hybridized carbons (Fsp3) is 0.259. The molecule has 0 unspecified atom stereocenters. The predicted molar refractivity (Wildman–Crippen MR) is 139 cm³/mol. The van der Waals surface area contributed by atoms with Crippen LogP contribution < -0.4 is 15.0 Å². The number of benzene rings is 3. The molecule has 35 heavy (non-hydrogen) atoms. The van der Waals surface area contributed by atoms with E-state index in [2.05, 4.69) is 26.1 Å². The van der Waals surface area contributed by atoms with Crippen LogP contribution in [0.4, 0.5) is 15.8 Å². The monoisotopic (exact) mass is 539 g/mol. The molecule has 0 aliphatic carbocycles. The molecular formula is C27H27BrFN3O3. The number of nitrogens with zero attached hydrogens (tertiary/aromatic N) is 2. The second kappa shape index (κ2) is 10.9. The Morgan fingerprint density at radius 2 is 1.69 bits per heavy atom. The molecule has 1 aliphatic rings. The lowest BCUT2D eigenvalue weighted by Crippen LogP contribution is -2.49. The van der Waals surface area contributed by atoms with Gasteiger partial charge in [-0.3, -0.25) is 9.59 Å². The molecule has 0 radical (unpaired) electrons. The standard InChI is InChI=1S/C27H27BrFN3O3/c1-18-15-19(2)26(23(28)16-18)35-17-25(33)30-20-7-9-21(10-8-20)31-11-13-32(14-12-31)27(34)22-5-3-4-6-24(22)29/h3-10,15-16H,11-14,17H2,1-2H3,(H,30,33). The summed E-state index contributed by atoms with van der Waals surface area (Å²) in [6, 6.07) is 17.6. The van der Waals surface area contributed by atoms with E-state index in [1.165, 1.54) is 12.1 Å². The van der Waals surface area contributed by atoms with Crippen LogP contribution in [0.3, 0.4) is 0 Å². The number of piperazine rings is 1. The number of carbonyl (C=O) groups excluding carboxylic acids is 2. The quantitative estimate of drug-likeness (QED) is 0.468. The number of amides is 2. The minimum absolute atomic E-state index is 0.0950. The molecule has 1 N–H and O–H groups in total. The van der Waals surface area contributed by atoms with Crippen molar-refractivity contribution in [1.82, 2.24) is 4.90 Å². The number of aryl methyl sites for hydroxylation is 2. The van der Waals surface area contributed by atoms with Crippen molar-refractivity contribution in [2.45, 2.75) is 13.8 Å². The lowest BCUT2D eigenvalue weighted by atomic mass is 10.1. The van der Waals surface area contributed by atoms with Crippen molar-refractivity contribution in [3.63, 3.8) is 0 Å². The van der Waals surface area contributed by atoms with E-state index < -0.39 is 5.82 Å². The summed E-state index contributed by atoms with van der Waals surface area (Å²) in [5.41, 5.74) is 3.86. The number of anilines is 2. The van der Waals surface area contributed by atoms with Crippen LogP contribution in [0, 0.1) is 19.7 Å². The van der Waals surface area contributed by atoms with Gasteiger partial charge in [0.1, 0.15) is 11.6 Å². The topological polar surface area (TPSA) is 61.9 Å². The fourth-order valence-corrected chi connectivity index (χ4v) is 4.94. The van der Waals surface area contributed by atoms with E-state index in [4.69, 9.17) is 4.74 Å². The Labute approximate surface area is 212 Å². The molecule has 1 saturated heterocycles. The fourth-order valence-electron chi connectivity index (χ4n) is 4.15. The van der Waals surface area contributed by atoms with E-state index in [0.29, 0.717) is 37.6 Å². The van der Waals surface area contributed by atoms with Gasteiger partial charge in [0.15, 0.2) is 6.61 Å². The minimum Gasteiger partial charge on any atom is -0.482 e. The van der Waals surface area contributed by atoms with Crippen LogP contribution in [0.2, 0.25) is 0 Å². The number of halogens is 2. The largest absolute Gasteiger partial charge is 0.482 e. The molecule has 2 amide bonds. The number of hydrogen-bond acceptors (Lipinski definition) is 4. The summed E-state index contributed by atoms with van der Waals surface area (Å²) in [4.78, 5) is 28.8. The van der Waals surface area contributed by atoms with Crippen LogP contribution in [0.5, 0.6) is 5.75 Å². The second-order valence-electron chi connectivity index (χ2n) is 8.54. The molecule has 1 aliphatic heterocycles. The maximum atomic E-state index is 14.0. The Bertz CT molecular complexity index is 1200. The van der Waals surface area contributed by atoms with E-state index in [9.17, 15) is 14.0 Å². The number of rotatable bonds is 6. The average Bonchev–Trinajstić information content (AvgIpc) is 2.84.